The van der Waals surface area contributed by atoms with Crippen LogP contribution >= 0.6 is 11.3 Å². The van der Waals surface area contributed by atoms with Gasteiger partial charge in [0.25, 0.3) is 5.91 Å². The zero-order valence-electron chi connectivity index (χ0n) is 11.8. The Labute approximate surface area is 119 Å². The van der Waals surface area contributed by atoms with E-state index in [2.05, 4.69) is 4.90 Å². The maximum absolute atomic E-state index is 12.3. The summed E-state index contributed by atoms with van der Waals surface area (Å²) in [6, 6.07) is 1.90. The maximum Gasteiger partial charge on any atom is 0.254 e. The number of nitrogens with zero attached hydrogens (tertiary/aromatic N) is 2. The Morgan fingerprint density at radius 1 is 1.37 bits per heavy atom. The second kappa shape index (κ2) is 6.03. The lowest BCUT2D eigenvalue weighted by Crippen LogP contribution is -2.46. The van der Waals surface area contributed by atoms with Crippen molar-refractivity contribution in [3.05, 3.63) is 22.4 Å². The summed E-state index contributed by atoms with van der Waals surface area (Å²) in [5.74, 6) is 0.162. The summed E-state index contributed by atoms with van der Waals surface area (Å²) in [5, 5.41) is 3.88. The Hall–Kier alpha value is -0.910. The fourth-order valence-corrected chi connectivity index (χ4v) is 3.11. The summed E-state index contributed by atoms with van der Waals surface area (Å²) in [5.41, 5.74) is 6.71. The Kier molecular flexibility index (Phi) is 4.60. The molecular formula is C14H23N3OS. The van der Waals surface area contributed by atoms with Gasteiger partial charge in [0.05, 0.1) is 5.56 Å². The van der Waals surface area contributed by atoms with E-state index in [1.807, 2.05) is 35.6 Å². The summed E-state index contributed by atoms with van der Waals surface area (Å²) < 4.78 is 0. The van der Waals surface area contributed by atoms with Crippen molar-refractivity contribution in [3.8, 4) is 0 Å². The van der Waals surface area contributed by atoms with Gasteiger partial charge in [-0.05, 0) is 38.3 Å². The fourth-order valence-electron chi connectivity index (χ4n) is 2.48. The van der Waals surface area contributed by atoms with Gasteiger partial charge in [0.15, 0.2) is 0 Å². The number of rotatable bonds is 3. The van der Waals surface area contributed by atoms with Crippen molar-refractivity contribution in [2.75, 3.05) is 32.7 Å². The quantitative estimate of drug-likeness (QED) is 0.916. The Balaban J connectivity index is 1.92. The molecule has 5 heteroatoms. The maximum atomic E-state index is 12.3. The number of hydrogen-bond acceptors (Lipinski definition) is 4. The molecule has 2 rings (SSSR count). The molecule has 2 N–H and O–H groups in total. The van der Waals surface area contributed by atoms with Crippen LogP contribution in [0.4, 0.5) is 0 Å². The van der Waals surface area contributed by atoms with Crippen molar-refractivity contribution in [1.29, 1.82) is 0 Å². The van der Waals surface area contributed by atoms with Crippen LogP contribution in [0.3, 0.4) is 0 Å². The van der Waals surface area contributed by atoms with Crippen LogP contribution in [0.25, 0.3) is 0 Å². The lowest BCUT2D eigenvalue weighted by Gasteiger charge is -2.28. The van der Waals surface area contributed by atoms with Gasteiger partial charge in [-0.25, -0.2) is 0 Å². The van der Waals surface area contributed by atoms with Crippen LogP contribution in [-0.4, -0.2) is 54.0 Å². The molecule has 1 amide bonds. The number of carbonyl (C=O) groups excluding carboxylic acids is 1. The van der Waals surface area contributed by atoms with Gasteiger partial charge in [0.2, 0.25) is 0 Å². The lowest BCUT2D eigenvalue weighted by molar-refractivity contribution is 0.0761. The predicted octanol–water partition coefficient (Wildman–Crippen LogP) is 1.63. The van der Waals surface area contributed by atoms with Crippen molar-refractivity contribution in [1.82, 2.24) is 9.80 Å². The van der Waals surface area contributed by atoms with Crippen LogP contribution < -0.4 is 5.73 Å². The molecule has 1 aromatic heterocycles. The molecule has 0 unspecified atom stereocenters. The number of nitrogens with two attached hydrogens (primary N) is 1. The van der Waals surface area contributed by atoms with E-state index in [0.717, 1.165) is 44.7 Å². The average Bonchev–Trinajstić information content (AvgIpc) is 2.75. The van der Waals surface area contributed by atoms with Gasteiger partial charge in [0, 0.05) is 37.1 Å². The highest BCUT2D eigenvalue weighted by Gasteiger charge is 2.23. The molecule has 1 aromatic rings. The van der Waals surface area contributed by atoms with Gasteiger partial charge in [-0.2, -0.15) is 11.3 Å². The van der Waals surface area contributed by atoms with Gasteiger partial charge in [-0.15, -0.1) is 0 Å². The monoisotopic (exact) mass is 281 g/mol. The summed E-state index contributed by atoms with van der Waals surface area (Å²) >= 11 is 1.57. The zero-order valence-corrected chi connectivity index (χ0v) is 12.6. The first kappa shape index (κ1) is 14.5. The smallest absolute Gasteiger partial charge is 0.254 e. The first-order chi connectivity index (χ1) is 8.96. The molecule has 0 radical (unpaired) electrons. The van der Waals surface area contributed by atoms with Gasteiger partial charge in [-0.1, -0.05) is 0 Å². The molecule has 1 aliphatic rings. The van der Waals surface area contributed by atoms with E-state index in [1.54, 1.807) is 11.3 Å². The van der Waals surface area contributed by atoms with Crippen LogP contribution in [0.1, 0.15) is 30.6 Å². The van der Waals surface area contributed by atoms with Crippen molar-refractivity contribution in [3.63, 3.8) is 0 Å². The molecule has 0 bridgehead atoms. The fraction of sp³-hybridized carbons (Fsp3) is 0.643. The van der Waals surface area contributed by atoms with Crippen LogP contribution in [0.5, 0.6) is 0 Å². The molecule has 4 nitrogen and oxygen atoms in total. The lowest BCUT2D eigenvalue weighted by atomic mass is 10.1. The zero-order chi connectivity index (χ0) is 13.9. The van der Waals surface area contributed by atoms with E-state index in [4.69, 9.17) is 5.73 Å². The van der Waals surface area contributed by atoms with E-state index < -0.39 is 0 Å². The Morgan fingerprint density at radius 3 is 2.79 bits per heavy atom. The van der Waals surface area contributed by atoms with Gasteiger partial charge in [0.1, 0.15) is 0 Å². The molecule has 1 saturated heterocycles. The minimum absolute atomic E-state index is 0.162. The molecule has 1 fully saturated rings. The molecule has 106 valence electrons. The van der Waals surface area contributed by atoms with Gasteiger partial charge >= 0.3 is 0 Å². The molecule has 19 heavy (non-hydrogen) atoms. The van der Waals surface area contributed by atoms with Crippen LogP contribution in [-0.2, 0) is 0 Å². The topological polar surface area (TPSA) is 49.6 Å². The molecule has 0 atom stereocenters. The van der Waals surface area contributed by atoms with E-state index in [-0.39, 0.29) is 11.4 Å². The highest BCUT2D eigenvalue weighted by molar-refractivity contribution is 7.08. The first-order valence-electron chi connectivity index (χ1n) is 6.78. The Morgan fingerprint density at radius 2 is 2.16 bits per heavy atom. The third-order valence-electron chi connectivity index (χ3n) is 3.27. The van der Waals surface area contributed by atoms with Crippen LogP contribution in [0.15, 0.2) is 16.8 Å². The SMILES string of the molecule is CC(C)(N)CN1CCCN(C(=O)c2ccsc2)CC1. The first-order valence-corrected chi connectivity index (χ1v) is 7.73. The summed E-state index contributed by atoms with van der Waals surface area (Å²) in [6.07, 6.45) is 1.02. The van der Waals surface area contributed by atoms with E-state index in [0.29, 0.717) is 0 Å². The molecule has 0 aromatic carbocycles. The highest BCUT2D eigenvalue weighted by atomic mass is 32.1. The minimum Gasteiger partial charge on any atom is -0.337 e. The van der Waals surface area contributed by atoms with Crippen molar-refractivity contribution >= 4 is 17.2 Å². The second-order valence-corrected chi connectivity index (χ2v) is 6.70. The largest absolute Gasteiger partial charge is 0.337 e. The molecule has 0 saturated carbocycles. The molecule has 1 aliphatic heterocycles. The third-order valence-corrected chi connectivity index (χ3v) is 3.96. The van der Waals surface area contributed by atoms with Crippen molar-refractivity contribution in [2.45, 2.75) is 25.8 Å². The minimum atomic E-state index is -0.174. The number of thiophene rings is 1. The van der Waals surface area contributed by atoms with Crippen molar-refractivity contribution < 1.29 is 4.79 Å². The standard InChI is InChI=1S/C14H23N3OS/c1-14(2,15)11-16-5-3-6-17(8-7-16)13(18)12-4-9-19-10-12/h4,9-10H,3,5-8,11,15H2,1-2H3. The van der Waals surface area contributed by atoms with Crippen molar-refractivity contribution in [2.24, 2.45) is 5.73 Å². The average molecular weight is 281 g/mol. The second-order valence-electron chi connectivity index (χ2n) is 5.92. The molecule has 0 spiro atoms. The number of amides is 1. The molecule has 2 heterocycles. The summed E-state index contributed by atoms with van der Waals surface area (Å²) in [6.45, 7) is 8.55. The number of carbonyl (C=O) groups is 1. The van der Waals surface area contributed by atoms with E-state index in [1.165, 1.54) is 0 Å². The van der Waals surface area contributed by atoms with Gasteiger partial charge < -0.3 is 10.6 Å². The normalized spacial score (nSPS) is 18.4. The van der Waals surface area contributed by atoms with Crippen LogP contribution in [0.2, 0.25) is 0 Å². The van der Waals surface area contributed by atoms with Crippen LogP contribution in [0, 0.1) is 0 Å². The third kappa shape index (κ3) is 4.30. The number of hydrogen-bond donors (Lipinski definition) is 1. The Bertz CT molecular complexity index is 411. The summed E-state index contributed by atoms with van der Waals surface area (Å²) in [4.78, 5) is 16.6. The molecular weight excluding hydrogens is 258 g/mol. The highest BCUT2D eigenvalue weighted by Crippen LogP contribution is 2.13. The predicted molar refractivity (Wildman–Crippen MR) is 79.5 cm³/mol. The summed E-state index contributed by atoms with van der Waals surface area (Å²) in [7, 11) is 0. The van der Waals surface area contributed by atoms with E-state index in [9.17, 15) is 4.79 Å². The van der Waals surface area contributed by atoms with Gasteiger partial charge in [-0.3, -0.25) is 9.69 Å². The molecule has 0 aliphatic carbocycles. The van der Waals surface area contributed by atoms with E-state index >= 15 is 0 Å².